The van der Waals surface area contributed by atoms with E-state index in [1.54, 1.807) is 17.9 Å². The van der Waals surface area contributed by atoms with Crippen molar-refractivity contribution in [2.24, 2.45) is 0 Å². The fourth-order valence-electron chi connectivity index (χ4n) is 3.28. The van der Waals surface area contributed by atoms with Crippen LogP contribution in [-0.4, -0.2) is 55.5 Å². The van der Waals surface area contributed by atoms with Crippen LogP contribution in [0.25, 0.3) is 6.08 Å². The molecule has 1 fully saturated rings. The third-order valence-corrected chi connectivity index (χ3v) is 7.76. The van der Waals surface area contributed by atoms with Crippen molar-refractivity contribution in [3.05, 3.63) is 76.7 Å². The predicted octanol–water partition coefficient (Wildman–Crippen LogP) is 3.90. The van der Waals surface area contributed by atoms with E-state index in [-0.39, 0.29) is 43.4 Å². The van der Waals surface area contributed by atoms with Gasteiger partial charge in [-0.15, -0.1) is 11.8 Å². The summed E-state index contributed by atoms with van der Waals surface area (Å²) in [5.74, 6) is -1.37. The number of benzene rings is 2. The molecule has 0 saturated carbocycles. The second kappa shape index (κ2) is 10.4. The Bertz CT molecular complexity index is 1020. The molecule has 1 aliphatic heterocycles. The van der Waals surface area contributed by atoms with Crippen molar-refractivity contribution >= 4 is 33.8 Å². The lowest BCUT2D eigenvalue weighted by Gasteiger charge is -2.33. The summed E-state index contributed by atoms with van der Waals surface area (Å²) in [6.07, 6.45) is 1.55. The standard InChI is InChI=1S/C22H24F2N2O3S2/c1-17(22-19(23)8-5-9-20(22)24)30-16-21(27)25-11-13-26(14-12-25)31(28,29)15-10-18-6-3-2-4-7-18/h2-10,15,17H,11-14,16H2,1H3/b15-10+. The Balaban J connectivity index is 1.51. The first-order valence-electron chi connectivity index (χ1n) is 9.84. The summed E-state index contributed by atoms with van der Waals surface area (Å²) < 4.78 is 54.2. The first-order chi connectivity index (χ1) is 14.8. The van der Waals surface area contributed by atoms with E-state index in [1.807, 2.05) is 30.3 Å². The van der Waals surface area contributed by atoms with Crippen LogP contribution in [0.5, 0.6) is 0 Å². The number of piperazine rings is 1. The maximum absolute atomic E-state index is 13.9. The fourth-order valence-corrected chi connectivity index (χ4v) is 5.42. The van der Waals surface area contributed by atoms with E-state index >= 15 is 0 Å². The summed E-state index contributed by atoms with van der Waals surface area (Å²) in [4.78, 5) is 14.1. The Labute approximate surface area is 185 Å². The number of sulfonamides is 1. The number of thioether (sulfide) groups is 1. The van der Waals surface area contributed by atoms with Crippen molar-refractivity contribution in [2.75, 3.05) is 31.9 Å². The van der Waals surface area contributed by atoms with Crippen LogP contribution in [0.4, 0.5) is 8.78 Å². The first kappa shape index (κ1) is 23.4. The van der Waals surface area contributed by atoms with Gasteiger partial charge in [-0.1, -0.05) is 36.4 Å². The maximum Gasteiger partial charge on any atom is 0.236 e. The highest BCUT2D eigenvalue weighted by atomic mass is 32.2. The average molecular weight is 467 g/mol. The Hall–Kier alpha value is -2.23. The molecule has 0 aromatic heterocycles. The lowest BCUT2D eigenvalue weighted by molar-refractivity contribution is -0.129. The molecule has 0 radical (unpaired) electrons. The van der Waals surface area contributed by atoms with Gasteiger partial charge in [-0.2, -0.15) is 4.31 Å². The lowest BCUT2D eigenvalue weighted by Crippen LogP contribution is -2.50. The molecule has 3 rings (SSSR count). The van der Waals surface area contributed by atoms with Gasteiger partial charge >= 0.3 is 0 Å². The van der Waals surface area contributed by atoms with Gasteiger partial charge in [0.15, 0.2) is 0 Å². The zero-order chi connectivity index (χ0) is 22.4. The van der Waals surface area contributed by atoms with Crippen molar-refractivity contribution in [2.45, 2.75) is 12.2 Å². The molecule has 166 valence electrons. The Morgan fingerprint density at radius 1 is 1.03 bits per heavy atom. The molecule has 5 nitrogen and oxygen atoms in total. The molecule has 1 aliphatic rings. The minimum atomic E-state index is -3.58. The zero-order valence-electron chi connectivity index (χ0n) is 17.1. The van der Waals surface area contributed by atoms with E-state index < -0.39 is 26.9 Å². The number of nitrogens with zero attached hydrogens (tertiary/aromatic N) is 2. The van der Waals surface area contributed by atoms with Gasteiger partial charge in [0.05, 0.1) is 5.75 Å². The molecule has 1 unspecified atom stereocenters. The average Bonchev–Trinajstić information content (AvgIpc) is 2.77. The monoisotopic (exact) mass is 466 g/mol. The van der Waals surface area contributed by atoms with E-state index in [0.717, 1.165) is 17.3 Å². The van der Waals surface area contributed by atoms with E-state index in [9.17, 15) is 22.0 Å². The minimum Gasteiger partial charge on any atom is -0.339 e. The number of carbonyl (C=O) groups is 1. The van der Waals surface area contributed by atoms with Crippen LogP contribution >= 0.6 is 11.8 Å². The quantitative estimate of drug-likeness (QED) is 0.621. The van der Waals surface area contributed by atoms with Gasteiger partial charge in [-0.3, -0.25) is 4.79 Å². The van der Waals surface area contributed by atoms with Crippen LogP contribution in [-0.2, 0) is 14.8 Å². The molecule has 0 bridgehead atoms. The molecule has 1 saturated heterocycles. The van der Waals surface area contributed by atoms with Gasteiger partial charge in [0, 0.05) is 42.4 Å². The molecule has 0 aliphatic carbocycles. The highest BCUT2D eigenvalue weighted by molar-refractivity contribution is 8.00. The van der Waals surface area contributed by atoms with E-state index in [0.29, 0.717) is 0 Å². The number of hydrogen-bond acceptors (Lipinski definition) is 4. The van der Waals surface area contributed by atoms with Gasteiger partial charge in [-0.05, 0) is 30.7 Å². The highest BCUT2D eigenvalue weighted by Gasteiger charge is 2.28. The number of carbonyl (C=O) groups excluding carboxylic acids is 1. The van der Waals surface area contributed by atoms with Crippen molar-refractivity contribution in [1.82, 2.24) is 9.21 Å². The summed E-state index contributed by atoms with van der Waals surface area (Å²) in [5, 5.41) is 0.662. The number of halogens is 2. The smallest absolute Gasteiger partial charge is 0.236 e. The van der Waals surface area contributed by atoms with Gasteiger partial charge in [0.2, 0.25) is 15.9 Å². The van der Waals surface area contributed by atoms with Crippen LogP contribution in [0, 0.1) is 11.6 Å². The Morgan fingerprint density at radius 2 is 1.65 bits per heavy atom. The van der Waals surface area contributed by atoms with Crippen LogP contribution < -0.4 is 0 Å². The Kier molecular flexibility index (Phi) is 7.85. The van der Waals surface area contributed by atoms with Gasteiger partial charge in [-0.25, -0.2) is 17.2 Å². The first-order valence-corrected chi connectivity index (χ1v) is 12.4. The topological polar surface area (TPSA) is 57.7 Å². The largest absolute Gasteiger partial charge is 0.339 e. The lowest BCUT2D eigenvalue weighted by atomic mass is 10.1. The molecule has 31 heavy (non-hydrogen) atoms. The molecule has 1 heterocycles. The summed E-state index contributed by atoms with van der Waals surface area (Å²) in [7, 11) is -3.58. The number of amides is 1. The molecular formula is C22H24F2N2O3S2. The summed E-state index contributed by atoms with van der Waals surface area (Å²) in [6, 6.07) is 12.8. The third-order valence-electron chi connectivity index (χ3n) is 5.05. The van der Waals surface area contributed by atoms with Crippen LogP contribution in [0.1, 0.15) is 23.3 Å². The SMILES string of the molecule is CC(SCC(=O)N1CCN(S(=O)(=O)/C=C/c2ccccc2)CC1)c1c(F)cccc1F. The highest BCUT2D eigenvalue weighted by Crippen LogP contribution is 2.32. The van der Waals surface area contributed by atoms with E-state index in [4.69, 9.17) is 0 Å². The van der Waals surface area contributed by atoms with E-state index in [1.165, 1.54) is 27.9 Å². The zero-order valence-corrected chi connectivity index (χ0v) is 18.7. The molecule has 2 aromatic carbocycles. The molecular weight excluding hydrogens is 442 g/mol. The number of rotatable bonds is 7. The van der Waals surface area contributed by atoms with Gasteiger partial charge in [0.1, 0.15) is 11.6 Å². The van der Waals surface area contributed by atoms with Crippen LogP contribution in [0.15, 0.2) is 53.9 Å². The second-order valence-corrected chi connectivity index (χ2v) is 10.3. The van der Waals surface area contributed by atoms with Gasteiger partial charge < -0.3 is 4.90 Å². The molecule has 0 spiro atoms. The summed E-state index contributed by atoms with van der Waals surface area (Å²) >= 11 is 1.16. The van der Waals surface area contributed by atoms with Crippen molar-refractivity contribution in [3.63, 3.8) is 0 Å². The summed E-state index contributed by atoms with van der Waals surface area (Å²) in [6.45, 7) is 2.62. The normalized spacial score (nSPS) is 16.5. The maximum atomic E-state index is 13.9. The van der Waals surface area contributed by atoms with Crippen LogP contribution in [0.2, 0.25) is 0 Å². The molecule has 9 heteroatoms. The van der Waals surface area contributed by atoms with Crippen molar-refractivity contribution < 1.29 is 22.0 Å². The number of hydrogen-bond donors (Lipinski definition) is 0. The molecule has 2 aromatic rings. The third kappa shape index (κ3) is 6.15. The van der Waals surface area contributed by atoms with Crippen LogP contribution in [0.3, 0.4) is 0 Å². The van der Waals surface area contributed by atoms with Crippen molar-refractivity contribution in [3.8, 4) is 0 Å². The van der Waals surface area contributed by atoms with E-state index in [2.05, 4.69) is 0 Å². The minimum absolute atomic E-state index is 0.0404. The molecule has 1 amide bonds. The molecule has 1 atom stereocenters. The summed E-state index contributed by atoms with van der Waals surface area (Å²) in [5.41, 5.74) is 0.749. The van der Waals surface area contributed by atoms with Crippen molar-refractivity contribution in [1.29, 1.82) is 0 Å². The second-order valence-electron chi connectivity index (χ2n) is 7.13. The Morgan fingerprint density at radius 3 is 2.26 bits per heavy atom. The molecule has 0 N–H and O–H groups in total. The fraction of sp³-hybridized carbons (Fsp3) is 0.318. The van der Waals surface area contributed by atoms with Gasteiger partial charge in [0.25, 0.3) is 0 Å². The predicted molar refractivity (Wildman–Crippen MR) is 120 cm³/mol.